The highest BCUT2D eigenvalue weighted by Crippen LogP contribution is 2.34. The van der Waals surface area contributed by atoms with Crippen LogP contribution >= 0.6 is 0 Å². The monoisotopic (exact) mass is 256 g/mol. The van der Waals surface area contributed by atoms with Crippen molar-refractivity contribution in [3.8, 4) is 5.75 Å². The van der Waals surface area contributed by atoms with Crippen LogP contribution in [0.1, 0.15) is 5.56 Å². The van der Waals surface area contributed by atoms with Crippen LogP contribution in [-0.2, 0) is 0 Å². The van der Waals surface area contributed by atoms with Crippen LogP contribution in [0.3, 0.4) is 0 Å². The lowest BCUT2D eigenvalue weighted by atomic mass is 10.2. The molecule has 4 nitrogen and oxygen atoms in total. The molecule has 0 atom stereocenters. The van der Waals surface area contributed by atoms with Gasteiger partial charge in [0, 0.05) is 0 Å². The largest absolute Gasteiger partial charge is 0.495 e. The average molecular weight is 256 g/mol. The number of hydrogen-bond acceptors (Lipinski definition) is 2. The van der Waals surface area contributed by atoms with Gasteiger partial charge in [0.2, 0.25) is 0 Å². The number of primary amides is 1. The lowest BCUT2D eigenvalue weighted by molar-refractivity contribution is 0.256. The van der Waals surface area contributed by atoms with Crippen LogP contribution in [0.2, 0.25) is 0 Å². The highest BCUT2D eigenvalue weighted by molar-refractivity contribution is 5.99. The molecule has 19 heavy (non-hydrogen) atoms. The van der Waals surface area contributed by atoms with Gasteiger partial charge in [-0.15, -0.1) is 0 Å². The molecule has 0 fully saturated rings. The summed E-state index contributed by atoms with van der Waals surface area (Å²) in [6.45, 7) is 1.96. The zero-order chi connectivity index (χ0) is 13.8. The fraction of sp³-hybridized carbons (Fsp3) is 0.133. The van der Waals surface area contributed by atoms with Crippen LogP contribution < -0.4 is 15.4 Å². The minimum Gasteiger partial charge on any atom is -0.495 e. The fourth-order valence-corrected chi connectivity index (χ4v) is 1.93. The summed E-state index contributed by atoms with van der Waals surface area (Å²) in [5.74, 6) is 0.614. The van der Waals surface area contributed by atoms with Crippen molar-refractivity contribution in [2.45, 2.75) is 6.92 Å². The summed E-state index contributed by atoms with van der Waals surface area (Å²) in [6, 6.07) is 14.3. The summed E-state index contributed by atoms with van der Waals surface area (Å²) in [7, 11) is 1.57. The molecule has 0 spiro atoms. The van der Waals surface area contributed by atoms with E-state index in [2.05, 4.69) is 0 Å². The number of amides is 2. The second-order valence-electron chi connectivity index (χ2n) is 4.18. The minimum absolute atomic E-state index is 0.548. The number of rotatable bonds is 3. The lowest BCUT2D eigenvalue weighted by Crippen LogP contribution is -2.31. The average Bonchev–Trinajstić information content (AvgIpc) is 2.41. The standard InChI is InChI=1S/C15H16N2O2/c1-11-8-9-13(14(10-11)19-2)17(15(16)18)12-6-4-3-5-7-12/h3-10H,1-2H3,(H2,16,18). The molecule has 0 aliphatic rings. The van der Waals surface area contributed by atoms with Gasteiger partial charge in [0.05, 0.1) is 18.5 Å². The van der Waals surface area contributed by atoms with Gasteiger partial charge in [-0.05, 0) is 36.8 Å². The van der Waals surface area contributed by atoms with Crippen molar-refractivity contribution in [1.29, 1.82) is 0 Å². The molecule has 0 saturated carbocycles. The summed E-state index contributed by atoms with van der Waals surface area (Å²) in [5.41, 5.74) is 7.88. The van der Waals surface area contributed by atoms with E-state index in [1.165, 1.54) is 4.90 Å². The molecule has 98 valence electrons. The van der Waals surface area contributed by atoms with E-state index in [0.717, 1.165) is 5.56 Å². The number of anilines is 2. The third-order valence-electron chi connectivity index (χ3n) is 2.81. The van der Waals surface area contributed by atoms with Gasteiger partial charge >= 0.3 is 6.03 Å². The number of benzene rings is 2. The summed E-state index contributed by atoms with van der Waals surface area (Å²) < 4.78 is 5.33. The number of nitrogens with two attached hydrogens (primary N) is 1. The zero-order valence-electron chi connectivity index (χ0n) is 11.0. The molecule has 0 aromatic heterocycles. The molecule has 2 N–H and O–H groups in total. The van der Waals surface area contributed by atoms with Crippen LogP contribution in [0, 0.1) is 6.92 Å². The number of ether oxygens (including phenoxy) is 1. The van der Waals surface area contributed by atoms with E-state index in [1.54, 1.807) is 7.11 Å². The van der Waals surface area contributed by atoms with Crippen molar-refractivity contribution >= 4 is 17.4 Å². The molecule has 2 rings (SSSR count). The first kappa shape index (κ1) is 13.0. The number of para-hydroxylation sites is 1. The topological polar surface area (TPSA) is 55.6 Å². The number of nitrogens with zero attached hydrogens (tertiary/aromatic N) is 1. The minimum atomic E-state index is -0.548. The molecule has 0 aliphatic carbocycles. The van der Waals surface area contributed by atoms with Gasteiger partial charge in [0.15, 0.2) is 0 Å². The van der Waals surface area contributed by atoms with Crippen molar-refractivity contribution < 1.29 is 9.53 Å². The number of carbonyl (C=O) groups excluding carboxylic acids is 1. The van der Waals surface area contributed by atoms with Crippen LogP contribution in [0.25, 0.3) is 0 Å². The third kappa shape index (κ3) is 2.68. The zero-order valence-corrected chi connectivity index (χ0v) is 11.0. The van der Waals surface area contributed by atoms with Gasteiger partial charge < -0.3 is 10.5 Å². The third-order valence-corrected chi connectivity index (χ3v) is 2.81. The predicted molar refractivity (Wildman–Crippen MR) is 75.9 cm³/mol. The molecule has 4 heteroatoms. The van der Waals surface area contributed by atoms with Crippen molar-refractivity contribution in [2.24, 2.45) is 5.73 Å². The van der Waals surface area contributed by atoms with Crippen molar-refractivity contribution in [2.75, 3.05) is 12.0 Å². The molecule has 0 aliphatic heterocycles. The Hall–Kier alpha value is -2.49. The maximum Gasteiger partial charge on any atom is 0.324 e. The van der Waals surface area contributed by atoms with E-state index in [-0.39, 0.29) is 0 Å². The first-order valence-corrected chi connectivity index (χ1v) is 5.92. The van der Waals surface area contributed by atoms with Crippen LogP contribution in [0.5, 0.6) is 5.75 Å². The first-order chi connectivity index (χ1) is 9.13. The summed E-state index contributed by atoms with van der Waals surface area (Å²) >= 11 is 0. The van der Waals surface area contributed by atoms with Crippen molar-refractivity contribution in [3.05, 3.63) is 54.1 Å². The predicted octanol–water partition coefficient (Wildman–Crippen LogP) is 3.22. The Bertz CT molecular complexity index is 582. The quantitative estimate of drug-likeness (QED) is 0.916. The highest BCUT2D eigenvalue weighted by Gasteiger charge is 2.18. The Morgan fingerprint density at radius 3 is 2.42 bits per heavy atom. The SMILES string of the molecule is COc1cc(C)ccc1N(C(N)=O)c1ccccc1. The van der Waals surface area contributed by atoms with Crippen molar-refractivity contribution in [3.63, 3.8) is 0 Å². The molecule has 2 aromatic carbocycles. The van der Waals surface area contributed by atoms with E-state index >= 15 is 0 Å². The molecule has 2 aromatic rings. The molecule has 0 unspecified atom stereocenters. The van der Waals surface area contributed by atoms with E-state index in [9.17, 15) is 4.79 Å². The summed E-state index contributed by atoms with van der Waals surface area (Å²) in [4.78, 5) is 13.2. The molecule has 0 radical (unpaired) electrons. The molecule has 0 bridgehead atoms. The normalized spacial score (nSPS) is 10.0. The second-order valence-corrected chi connectivity index (χ2v) is 4.18. The molecule has 0 heterocycles. The van der Waals surface area contributed by atoms with E-state index < -0.39 is 6.03 Å². The van der Waals surface area contributed by atoms with Gasteiger partial charge in [0.1, 0.15) is 5.75 Å². The smallest absolute Gasteiger partial charge is 0.324 e. The van der Waals surface area contributed by atoms with Gasteiger partial charge in [-0.2, -0.15) is 0 Å². The number of urea groups is 1. The van der Waals surface area contributed by atoms with Crippen LogP contribution in [-0.4, -0.2) is 13.1 Å². The fourth-order valence-electron chi connectivity index (χ4n) is 1.93. The molecular formula is C15H16N2O2. The van der Waals surface area contributed by atoms with Gasteiger partial charge in [-0.25, -0.2) is 4.79 Å². The lowest BCUT2D eigenvalue weighted by Gasteiger charge is -2.23. The van der Waals surface area contributed by atoms with Gasteiger partial charge in [-0.3, -0.25) is 4.90 Å². The Labute approximate surface area is 112 Å². The second kappa shape index (κ2) is 5.44. The highest BCUT2D eigenvalue weighted by atomic mass is 16.5. The number of methoxy groups -OCH3 is 1. The van der Waals surface area contributed by atoms with Crippen LogP contribution in [0.4, 0.5) is 16.2 Å². The van der Waals surface area contributed by atoms with E-state index in [0.29, 0.717) is 17.1 Å². The van der Waals surface area contributed by atoms with E-state index in [1.807, 2.05) is 55.5 Å². The first-order valence-electron chi connectivity index (χ1n) is 5.92. The molecular weight excluding hydrogens is 240 g/mol. The van der Waals surface area contributed by atoms with Gasteiger partial charge in [0.25, 0.3) is 0 Å². The van der Waals surface area contributed by atoms with Gasteiger partial charge in [-0.1, -0.05) is 24.3 Å². The Morgan fingerprint density at radius 1 is 1.16 bits per heavy atom. The summed E-state index contributed by atoms with van der Waals surface area (Å²) in [6.07, 6.45) is 0. The van der Waals surface area contributed by atoms with Crippen LogP contribution in [0.15, 0.2) is 48.5 Å². The molecule has 2 amide bonds. The number of aryl methyl sites for hydroxylation is 1. The number of carbonyl (C=O) groups is 1. The van der Waals surface area contributed by atoms with E-state index in [4.69, 9.17) is 10.5 Å². The Balaban J connectivity index is 2.55. The maximum absolute atomic E-state index is 11.7. The Morgan fingerprint density at radius 2 is 1.84 bits per heavy atom. The Kier molecular flexibility index (Phi) is 3.71. The summed E-state index contributed by atoms with van der Waals surface area (Å²) in [5, 5.41) is 0. The number of hydrogen-bond donors (Lipinski definition) is 1. The molecule has 0 saturated heterocycles. The van der Waals surface area contributed by atoms with Crippen molar-refractivity contribution in [1.82, 2.24) is 0 Å². The maximum atomic E-state index is 11.7.